The molecule has 0 amide bonds. The molecule has 1 aliphatic heterocycles. The number of hydrogen-bond acceptors (Lipinski definition) is 4. The van der Waals surface area contributed by atoms with E-state index < -0.39 is 0 Å². The minimum atomic E-state index is 0.689. The van der Waals surface area contributed by atoms with Gasteiger partial charge in [0.05, 0.1) is 17.7 Å². The summed E-state index contributed by atoms with van der Waals surface area (Å²) < 4.78 is 1.00. The number of rotatable bonds is 2. The van der Waals surface area contributed by atoms with Crippen LogP contribution in [0.5, 0.6) is 0 Å². The van der Waals surface area contributed by atoms with E-state index in [0.717, 1.165) is 38.7 Å². The van der Waals surface area contributed by atoms with Crippen molar-refractivity contribution in [3.05, 3.63) is 34.9 Å². The number of pyridine rings is 1. The van der Waals surface area contributed by atoms with Gasteiger partial charge in [0.15, 0.2) is 5.17 Å². The first kappa shape index (κ1) is 12.7. The topological polar surface area (TPSA) is 37.3 Å². The van der Waals surface area contributed by atoms with E-state index >= 15 is 0 Å². The number of halogens is 1. The average molecular weight is 348 g/mol. The molecule has 0 radical (unpaired) electrons. The van der Waals surface area contributed by atoms with E-state index in [9.17, 15) is 0 Å². The van der Waals surface area contributed by atoms with E-state index in [1.807, 2.05) is 18.0 Å². The Hall–Kier alpha value is -1.07. The number of hydrogen-bond donors (Lipinski definition) is 1. The number of nitrogens with one attached hydrogen (secondary N) is 1. The van der Waals surface area contributed by atoms with Gasteiger partial charge in [-0.25, -0.2) is 0 Å². The Labute approximate surface area is 130 Å². The molecule has 2 aliphatic rings. The fourth-order valence-electron chi connectivity index (χ4n) is 2.52. The smallest absolute Gasteiger partial charge is 0.161 e. The maximum absolute atomic E-state index is 4.63. The Morgan fingerprint density at radius 2 is 2.20 bits per heavy atom. The SMILES string of the molecule is Brc1cnc2c(NC3=NCC(C4CC4)S3)cccc2c1. The predicted molar refractivity (Wildman–Crippen MR) is 89.5 cm³/mol. The summed E-state index contributed by atoms with van der Waals surface area (Å²) in [4.78, 5) is 9.15. The summed E-state index contributed by atoms with van der Waals surface area (Å²) in [6.07, 6.45) is 4.60. The van der Waals surface area contributed by atoms with Gasteiger partial charge in [0.25, 0.3) is 0 Å². The number of anilines is 1. The Morgan fingerprint density at radius 1 is 1.30 bits per heavy atom. The number of amidine groups is 1. The van der Waals surface area contributed by atoms with Gasteiger partial charge in [-0.15, -0.1) is 0 Å². The van der Waals surface area contributed by atoms with Gasteiger partial charge in [-0.1, -0.05) is 23.9 Å². The maximum Gasteiger partial charge on any atom is 0.161 e. The summed E-state index contributed by atoms with van der Waals surface area (Å²) in [5.41, 5.74) is 2.03. The van der Waals surface area contributed by atoms with E-state index in [-0.39, 0.29) is 0 Å². The third-order valence-electron chi connectivity index (χ3n) is 3.74. The quantitative estimate of drug-likeness (QED) is 0.880. The summed E-state index contributed by atoms with van der Waals surface area (Å²) in [5.74, 6) is 0.893. The van der Waals surface area contributed by atoms with Crippen molar-refractivity contribution in [2.75, 3.05) is 11.9 Å². The monoisotopic (exact) mass is 347 g/mol. The van der Waals surface area contributed by atoms with E-state index in [4.69, 9.17) is 0 Å². The minimum Gasteiger partial charge on any atom is -0.333 e. The molecule has 20 heavy (non-hydrogen) atoms. The lowest BCUT2D eigenvalue weighted by atomic mass is 10.2. The average Bonchev–Trinajstić information content (AvgIpc) is 3.19. The van der Waals surface area contributed by atoms with Crippen molar-refractivity contribution < 1.29 is 0 Å². The summed E-state index contributed by atoms with van der Waals surface area (Å²) >= 11 is 5.35. The molecule has 102 valence electrons. The third kappa shape index (κ3) is 2.44. The van der Waals surface area contributed by atoms with E-state index in [1.54, 1.807) is 0 Å². The predicted octanol–water partition coefficient (Wildman–Crippen LogP) is 4.29. The van der Waals surface area contributed by atoms with Crippen molar-refractivity contribution in [2.45, 2.75) is 18.1 Å². The highest BCUT2D eigenvalue weighted by Gasteiger charge is 2.35. The molecule has 1 N–H and O–H groups in total. The van der Waals surface area contributed by atoms with Crippen molar-refractivity contribution in [3.8, 4) is 0 Å². The largest absolute Gasteiger partial charge is 0.333 e. The van der Waals surface area contributed by atoms with Crippen LogP contribution in [0, 0.1) is 5.92 Å². The molecule has 1 aromatic carbocycles. The van der Waals surface area contributed by atoms with E-state index in [0.29, 0.717) is 5.25 Å². The molecule has 2 aromatic rings. The number of fused-ring (bicyclic) bond motifs is 1. The van der Waals surface area contributed by atoms with Crippen LogP contribution in [0.3, 0.4) is 0 Å². The maximum atomic E-state index is 4.63. The molecule has 3 nitrogen and oxygen atoms in total. The molecule has 5 heteroatoms. The first-order chi connectivity index (χ1) is 9.79. The van der Waals surface area contributed by atoms with Gasteiger partial charge in [0.1, 0.15) is 0 Å². The highest BCUT2D eigenvalue weighted by molar-refractivity contribution is 9.10. The van der Waals surface area contributed by atoms with Gasteiger partial charge in [-0.2, -0.15) is 0 Å². The van der Waals surface area contributed by atoms with Crippen molar-refractivity contribution in [1.29, 1.82) is 0 Å². The summed E-state index contributed by atoms with van der Waals surface area (Å²) in [5, 5.41) is 6.31. The van der Waals surface area contributed by atoms with Gasteiger partial charge in [0.2, 0.25) is 0 Å². The van der Waals surface area contributed by atoms with Gasteiger partial charge in [0, 0.05) is 21.3 Å². The number of para-hydroxylation sites is 1. The molecule has 4 rings (SSSR count). The van der Waals surface area contributed by atoms with Gasteiger partial charge in [-0.3, -0.25) is 9.98 Å². The Morgan fingerprint density at radius 3 is 3.05 bits per heavy atom. The van der Waals surface area contributed by atoms with Crippen LogP contribution < -0.4 is 5.32 Å². The van der Waals surface area contributed by atoms with Crippen molar-refractivity contribution in [1.82, 2.24) is 4.98 Å². The molecule has 1 atom stereocenters. The lowest BCUT2D eigenvalue weighted by Crippen LogP contribution is -2.09. The molecule has 0 spiro atoms. The molecular formula is C15H14BrN3S. The van der Waals surface area contributed by atoms with Crippen LogP contribution in [0.25, 0.3) is 10.9 Å². The normalized spacial score (nSPS) is 22.1. The van der Waals surface area contributed by atoms with Gasteiger partial charge in [-0.05, 0) is 46.8 Å². The molecule has 1 fully saturated rings. The van der Waals surface area contributed by atoms with Crippen LogP contribution >= 0.6 is 27.7 Å². The first-order valence-electron chi connectivity index (χ1n) is 6.82. The van der Waals surface area contributed by atoms with Crippen LogP contribution in [-0.4, -0.2) is 21.9 Å². The number of nitrogens with zero attached hydrogens (tertiary/aromatic N) is 2. The zero-order valence-corrected chi connectivity index (χ0v) is 13.2. The van der Waals surface area contributed by atoms with Crippen LogP contribution in [0.2, 0.25) is 0 Å². The minimum absolute atomic E-state index is 0.689. The Balaban J connectivity index is 1.59. The molecule has 2 heterocycles. The standard InChI is InChI=1S/C15H14BrN3S/c16-11-6-10-2-1-3-12(14(10)17-7-11)19-15-18-8-13(20-15)9-4-5-9/h1-3,6-7,9,13H,4-5,8H2,(H,18,19). The van der Waals surface area contributed by atoms with Crippen LogP contribution in [-0.2, 0) is 0 Å². The highest BCUT2D eigenvalue weighted by atomic mass is 79.9. The van der Waals surface area contributed by atoms with E-state index in [2.05, 4.69) is 55.5 Å². The molecule has 0 saturated heterocycles. The van der Waals surface area contributed by atoms with Crippen molar-refractivity contribution in [2.24, 2.45) is 10.9 Å². The lowest BCUT2D eigenvalue weighted by molar-refractivity contribution is 0.773. The van der Waals surface area contributed by atoms with Gasteiger partial charge >= 0.3 is 0 Å². The number of thioether (sulfide) groups is 1. The Kier molecular flexibility index (Phi) is 3.19. The van der Waals surface area contributed by atoms with Crippen LogP contribution in [0.4, 0.5) is 5.69 Å². The first-order valence-corrected chi connectivity index (χ1v) is 8.49. The fraction of sp³-hybridized carbons (Fsp3) is 0.333. The number of aromatic nitrogens is 1. The second kappa shape index (κ2) is 5.04. The zero-order valence-electron chi connectivity index (χ0n) is 10.8. The molecule has 0 bridgehead atoms. The molecular weight excluding hydrogens is 334 g/mol. The second-order valence-corrected chi connectivity index (χ2v) is 7.44. The highest BCUT2D eigenvalue weighted by Crippen LogP contribution is 2.42. The molecule has 1 aromatic heterocycles. The van der Waals surface area contributed by atoms with Crippen molar-refractivity contribution in [3.63, 3.8) is 0 Å². The summed E-state index contributed by atoms with van der Waals surface area (Å²) in [7, 11) is 0. The second-order valence-electron chi connectivity index (χ2n) is 5.30. The van der Waals surface area contributed by atoms with Gasteiger partial charge < -0.3 is 5.32 Å². The van der Waals surface area contributed by atoms with Crippen LogP contribution in [0.15, 0.2) is 39.9 Å². The number of aliphatic imine (C=N–C) groups is 1. The van der Waals surface area contributed by atoms with Crippen LogP contribution in [0.1, 0.15) is 12.8 Å². The molecule has 1 aliphatic carbocycles. The molecule has 1 unspecified atom stereocenters. The summed E-state index contributed by atoms with van der Waals surface area (Å²) in [6, 6.07) is 8.28. The lowest BCUT2D eigenvalue weighted by Gasteiger charge is -2.10. The third-order valence-corrected chi connectivity index (χ3v) is 5.47. The molecule has 1 saturated carbocycles. The zero-order chi connectivity index (χ0) is 13.5. The summed E-state index contributed by atoms with van der Waals surface area (Å²) in [6.45, 7) is 0.960. The Bertz CT molecular complexity index is 697. The fourth-order valence-corrected chi connectivity index (χ4v) is 4.09. The number of benzene rings is 1. The van der Waals surface area contributed by atoms with Crippen molar-refractivity contribution >= 4 is 49.4 Å². The van der Waals surface area contributed by atoms with E-state index in [1.165, 1.54) is 12.8 Å².